The molecule has 0 aliphatic rings. The molecule has 0 aliphatic carbocycles. The first-order valence-electron chi connectivity index (χ1n) is 11.4. The molecular weight excluding hydrogens is 462 g/mol. The van der Waals surface area contributed by atoms with Gasteiger partial charge in [0, 0.05) is 12.1 Å². The Kier molecular flexibility index (Phi) is 7.72. The summed E-state index contributed by atoms with van der Waals surface area (Å²) in [6, 6.07) is 17.5. The van der Waals surface area contributed by atoms with Gasteiger partial charge >= 0.3 is 0 Å². The number of nitrogens with zero attached hydrogens (tertiary/aromatic N) is 1. The Morgan fingerprint density at radius 2 is 1.89 bits per heavy atom. The normalized spacial score (nSPS) is 10.8. The van der Waals surface area contributed by atoms with Crippen molar-refractivity contribution >= 4 is 28.2 Å². The summed E-state index contributed by atoms with van der Waals surface area (Å²) in [6.07, 6.45) is 2.37. The zero-order valence-corrected chi connectivity index (χ0v) is 20.9. The Balaban J connectivity index is 1.49. The number of aryl methyl sites for hydroxylation is 1. The largest absolute Gasteiger partial charge is 0.493 e. The SMILES string of the molecule is COc1ccc(CCNC(=S)N(Cc2ccco2)Cc2cc3cccc(C)c3[nH]c2=O)cc1OC. The van der Waals surface area contributed by atoms with E-state index in [0.29, 0.717) is 41.8 Å². The van der Waals surface area contributed by atoms with Gasteiger partial charge in [0.25, 0.3) is 5.56 Å². The van der Waals surface area contributed by atoms with Gasteiger partial charge in [-0.05, 0) is 72.4 Å². The molecule has 0 amide bonds. The number of benzene rings is 2. The summed E-state index contributed by atoms with van der Waals surface area (Å²) >= 11 is 5.73. The minimum atomic E-state index is -0.121. The van der Waals surface area contributed by atoms with E-state index >= 15 is 0 Å². The van der Waals surface area contributed by atoms with Gasteiger partial charge in [-0.15, -0.1) is 0 Å². The Hall–Kier alpha value is -3.78. The summed E-state index contributed by atoms with van der Waals surface area (Å²) in [5.41, 5.74) is 3.50. The summed E-state index contributed by atoms with van der Waals surface area (Å²) in [4.78, 5) is 17.8. The van der Waals surface area contributed by atoms with Crippen molar-refractivity contribution in [3.8, 4) is 11.5 Å². The van der Waals surface area contributed by atoms with Crippen LogP contribution in [0.2, 0.25) is 0 Å². The maximum Gasteiger partial charge on any atom is 0.253 e. The van der Waals surface area contributed by atoms with Crippen LogP contribution in [0.15, 0.2) is 70.1 Å². The fourth-order valence-corrected chi connectivity index (χ4v) is 4.23. The number of ether oxygens (including phenoxy) is 2. The van der Waals surface area contributed by atoms with Crippen LogP contribution < -0.4 is 20.3 Å². The van der Waals surface area contributed by atoms with Gasteiger partial charge in [0.1, 0.15) is 5.76 Å². The highest BCUT2D eigenvalue weighted by Crippen LogP contribution is 2.27. The molecule has 4 aromatic rings. The highest BCUT2D eigenvalue weighted by molar-refractivity contribution is 7.80. The van der Waals surface area contributed by atoms with Crippen molar-refractivity contribution in [1.82, 2.24) is 15.2 Å². The second kappa shape index (κ2) is 11.1. The van der Waals surface area contributed by atoms with E-state index in [2.05, 4.69) is 10.3 Å². The van der Waals surface area contributed by atoms with E-state index in [1.807, 2.05) is 66.4 Å². The molecule has 0 unspecified atom stereocenters. The van der Waals surface area contributed by atoms with Gasteiger partial charge in [-0.3, -0.25) is 4.79 Å². The second-order valence-electron chi connectivity index (χ2n) is 8.27. The lowest BCUT2D eigenvalue weighted by molar-refractivity contribution is 0.350. The lowest BCUT2D eigenvalue weighted by atomic mass is 10.1. The topological polar surface area (TPSA) is 79.7 Å². The third-order valence-electron chi connectivity index (χ3n) is 5.88. The average Bonchev–Trinajstić information content (AvgIpc) is 3.37. The summed E-state index contributed by atoms with van der Waals surface area (Å²) in [6.45, 7) is 3.40. The number of hydrogen-bond donors (Lipinski definition) is 2. The highest BCUT2D eigenvalue weighted by Gasteiger charge is 2.16. The zero-order valence-electron chi connectivity index (χ0n) is 20.1. The van der Waals surface area contributed by atoms with E-state index in [4.69, 9.17) is 26.1 Å². The van der Waals surface area contributed by atoms with Gasteiger partial charge in [-0.1, -0.05) is 24.3 Å². The molecule has 2 aromatic heterocycles. The molecule has 0 saturated heterocycles. The van der Waals surface area contributed by atoms with E-state index in [9.17, 15) is 4.79 Å². The molecule has 2 heterocycles. The van der Waals surface area contributed by atoms with Crippen LogP contribution in [0.25, 0.3) is 10.9 Å². The molecule has 4 rings (SSSR count). The van der Waals surface area contributed by atoms with Crippen molar-refractivity contribution in [3.63, 3.8) is 0 Å². The fourth-order valence-electron chi connectivity index (χ4n) is 4.00. The van der Waals surface area contributed by atoms with Gasteiger partial charge in [0.05, 0.1) is 39.1 Å². The maximum absolute atomic E-state index is 12.9. The molecule has 35 heavy (non-hydrogen) atoms. The second-order valence-corrected chi connectivity index (χ2v) is 8.66. The number of methoxy groups -OCH3 is 2. The molecule has 0 bridgehead atoms. The van der Waals surface area contributed by atoms with Gasteiger partial charge < -0.3 is 29.1 Å². The molecule has 7 nitrogen and oxygen atoms in total. The first kappa shape index (κ1) is 24.3. The summed E-state index contributed by atoms with van der Waals surface area (Å²) in [5, 5.41) is 4.86. The summed E-state index contributed by atoms with van der Waals surface area (Å²) in [7, 11) is 3.24. The number of pyridine rings is 1. The number of thiocarbonyl (C=S) groups is 1. The van der Waals surface area contributed by atoms with E-state index in [-0.39, 0.29) is 5.56 Å². The molecule has 0 saturated carbocycles. The molecule has 182 valence electrons. The zero-order chi connectivity index (χ0) is 24.8. The van der Waals surface area contributed by atoms with E-state index < -0.39 is 0 Å². The minimum absolute atomic E-state index is 0.121. The monoisotopic (exact) mass is 491 g/mol. The van der Waals surface area contributed by atoms with Gasteiger partial charge in [-0.2, -0.15) is 0 Å². The number of H-pyrrole nitrogens is 1. The van der Waals surface area contributed by atoms with Crippen LogP contribution in [-0.2, 0) is 19.5 Å². The van der Waals surface area contributed by atoms with Crippen LogP contribution in [0.1, 0.15) is 22.5 Å². The third-order valence-corrected chi connectivity index (χ3v) is 6.28. The molecule has 0 radical (unpaired) electrons. The lowest BCUT2D eigenvalue weighted by Gasteiger charge is -2.25. The number of para-hydroxylation sites is 1. The lowest BCUT2D eigenvalue weighted by Crippen LogP contribution is -2.40. The molecule has 0 fully saturated rings. The van der Waals surface area contributed by atoms with Crippen molar-refractivity contribution in [1.29, 1.82) is 0 Å². The van der Waals surface area contributed by atoms with Crippen molar-refractivity contribution < 1.29 is 13.9 Å². The van der Waals surface area contributed by atoms with E-state index in [1.165, 1.54) is 0 Å². The smallest absolute Gasteiger partial charge is 0.253 e. The number of rotatable bonds is 9. The van der Waals surface area contributed by atoms with Crippen molar-refractivity contribution in [3.05, 3.63) is 93.7 Å². The third kappa shape index (κ3) is 5.84. The Labute approximate surface area is 209 Å². The van der Waals surface area contributed by atoms with Gasteiger partial charge in [0.2, 0.25) is 0 Å². The van der Waals surface area contributed by atoms with Crippen molar-refractivity contribution in [2.45, 2.75) is 26.4 Å². The number of aromatic amines is 1. The molecule has 2 aromatic carbocycles. The van der Waals surface area contributed by atoms with Gasteiger partial charge in [0.15, 0.2) is 16.6 Å². The Morgan fingerprint density at radius 3 is 2.63 bits per heavy atom. The van der Waals surface area contributed by atoms with Crippen LogP contribution in [0.5, 0.6) is 11.5 Å². The molecular formula is C27H29N3O4S. The average molecular weight is 492 g/mol. The molecule has 2 N–H and O–H groups in total. The predicted molar refractivity (Wildman–Crippen MR) is 141 cm³/mol. The molecule has 0 aliphatic heterocycles. The summed E-state index contributed by atoms with van der Waals surface area (Å²) < 4.78 is 16.3. The van der Waals surface area contributed by atoms with Gasteiger partial charge in [-0.25, -0.2) is 0 Å². The number of fused-ring (bicyclic) bond motifs is 1. The van der Waals surface area contributed by atoms with Crippen LogP contribution >= 0.6 is 12.2 Å². The quantitative estimate of drug-likeness (QED) is 0.332. The van der Waals surface area contributed by atoms with E-state index in [0.717, 1.165) is 34.2 Å². The van der Waals surface area contributed by atoms with E-state index in [1.54, 1.807) is 20.5 Å². The van der Waals surface area contributed by atoms with Crippen molar-refractivity contribution in [2.24, 2.45) is 0 Å². The first-order chi connectivity index (χ1) is 17.0. The highest BCUT2D eigenvalue weighted by atomic mass is 32.1. The predicted octanol–water partition coefficient (Wildman–Crippen LogP) is 4.57. The molecule has 0 atom stereocenters. The van der Waals surface area contributed by atoms with Crippen LogP contribution in [0.3, 0.4) is 0 Å². The molecule has 8 heteroatoms. The Bertz CT molecular complexity index is 1360. The standard InChI is InChI=1S/C27H29N3O4S/c1-18-6-4-7-20-15-21(26(31)29-25(18)20)16-30(17-22-8-5-13-34-22)27(35)28-12-11-19-9-10-23(32-2)24(14-19)33-3/h4-10,13-15H,11-12,16-17H2,1-3H3,(H,28,35)(H,29,31). The Morgan fingerprint density at radius 1 is 1.06 bits per heavy atom. The first-order valence-corrected chi connectivity index (χ1v) is 11.8. The summed E-state index contributed by atoms with van der Waals surface area (Å²) in [5.74, 6) is 2.15. The van der Waals surface area contributed by atoms with Crippen LogP contribution in [0.4, 0.5) is 0 Å². The van der Waals surface area contributed by atoms with Crippen molar-refractivity contribution in [2.75, 3.05) is 20.8 Å². The number of nitrogens with one attached hydrogen (secondary N) is 2. The number of hydrogen-bond acceptors (Lipinski definition) is 5. The fraction of sp³-hybridized carbons (Fsp3) is 0.259. The van der Waals surface area contributed by atoms with Crippen LogP contribution in [-0.4, -0.2) is 35.8 Å². The minimum Gasteiger partial charge on any atom is -0.493 e. The number of aromatic nitrogens is 1. The molecule has 0 spiro atoms. The maximum atomic E-state index is 12.9. The van der Waals surface area contributed by atoms with Crippen LogP contribution in [0, 0.1) is 6.92 Å². The number of furan rings is 1.